The Kier molecular flexibility index (Phi) is 4.25. The third-order valence-corrected chi connectivity index (χ3v) is 4.86. The number of aromatic amines is 1. The van der Waals surface area contributed by atoms with Crippen molar-refractivity contribution < 1.29 is 0 Å². The minimum atomic E-state index is 0.686. The summed E-state index contributed by atoms with van der Waals surface area (Å²) in [5.74, 6) is 0. The molecule has 0 saturated carbocycles. The molecule has 2 heterocycles. The fourth-order valence-electron chi connectivity index (χ4n) is 1.95. The summed E-state index contributed by atoms with van der Waals surface area (Å²) in [5.41, 5.74) is 2.92. The number of nitrogens with zero attached hydrogens (tertiary/aromatic N) is 2. The largest absolute Gasteiger partial charge is 0.306 e. The second-order valence-corrected chi connectivity index (χ2v) is 6.14. The van der Waals surface area contributed by atoms with Crippen LogP contribution in [0.4, 0.5) is 0 Å². The molecule has 3 rings (SSSR count). The second-order valence-electron chi connectivity index (χ2n) is 4.28. The van der Waals surface area contributed by atoms with E-state index in [2.05, 4.69) is 48.1 Å². The average molecular weight is 349 g/mol. The molecule has 2 N–H and O–H groups in total. The maximum atomic E-state index is 4.24. The number of nitrogens with one attached hydrogen (secondary N) is 2. The van der Waals surface area contributed by atoms with E-state index in [0.29, 0.717) is 6.54 Å². The van der Waals surface area contributed by atoms with Gasteiger partial charge in [0.25, 0.3) is 0 Å². The lowest BCUT2D eigenvalue weighted by atomic mass is 10.1. The van der Waals surface area contributed by atoms with Crippen molar-refractivity contribution >= 4 is 27.3 Å². The predicted molar refractivity (Wildman–Crippen MR) is 84.4 cm³/mol. The van der Waals surface area contributed by atoms with Crippen LogP contribution in [0.25, 0.3) is 11.3 Å². The Bertz CT molecular complexity index is 677. The fourth-order valence-corrected chi connectivity index (χ4v) is 3.41. The minimum absolute atomic E-state index is 0.686. The first-order chi connectivity index (χ1) is 9.84. The van der Waals surface area contributed by atoms with E-state index in [-0.39, 0.29) is 0 Å². The molecule has 1 aromatic carbocycles. The van der Waals surface area contributed by atoms with E-state index < -0.39 is 0 Å². The van der Waals surface area contributed by atoms with Crippen LogP contribution >= 0.6 is 27.3 Å². The van der Waals surface area contributed by atoms with Gasteiger partial charge in [-0.1, -0.05) is 30.3 Å². The number of H-pyrrole nitrogens is 1. The van der Waals surface area contributed by atoms with Crippen molar-refractivity contribution in [3.8, 4) is 11.3 Å². The normalized spacial score (nSPS) is 10.8. The molecule has 2 aromatic heterocycles. The van der Waals surface area contributed by atoms with E-state index in [1.165, 1.54) is 4.88 Å². The van der Waals surface area contributed by atoms with Crippen LogP contribution in [0.2, 0.25) is 0 Å². The second kappa shape index (κ2) is 6.30. The molecule has 20 heavy (non-hydrogen) atoms. The van der Waals surface area contributed by atoms with Crippen LogP contribution < -0.4 is 5.32 Å². The van der Waals surface area contributed by atoms with Gasteiger partial charge in [-0.15, -0.1) is 11.3 Å². The monoisotopic (exact) mass is 348 g/mol. The quantitative estimate of drug-likeness (QED) is 0.740. The molecule has 102 valence electrons. The molecular weight excluding hydrogens is 336 g/mol. The summed E-state index contributed by atoms with van der Waals surface area (Å²) in [6, 6.07) is 12.1. The molecular formula is C14H13BrN4S. The van der Waals surface area contributed by atoms with Gasteiger partial charge in [0.2, 0.25) is 0 Å². The number of benzene rings is 1. The number of aromatic nitrogens is 3. The van der Waals surface area contributed by atoms with Crippen molar-refractivity contribution in [3.63, 3.8) is 0 Å². The van der Waals surface area contributed by atoms with Crippen LogP contribution in [0.5, 0.6) is 0 Å². The third kappa shape index (κ3) is 2.98. The Morgan fingerprint density at radius 2 is 1.95 bits per heavy atom. The van der Waals surface area contributed by atoms with Gasteiger partial charge in [0, 0.05) is 28.0 Å². The zero-order chi connectivity index (χ0) is 13.8. The molecule has 0 aliphatic carbocycles. The molecule has 0 aliphatic rings. The van der Waals surface area contributed by atoms with Crippen molar-refractivity contribution in [1.82, 2.24) is 20.7 Å². The van der Waals surface area contributed by atoms with Gasteiger partial charge in [0.15, 0.2) is 0 Å². The smallest absolute Gasteiger partial charge is 0.117 e. The molecule has 0 unspecified atom stereocenters. The van der Waals surface area contributed by atoms with E-state index in [0.717, 1.165) is 28.0 Å². The molecule has 0 bridgehead atoms. The summed E-state index contributed by atoms with van der Waals surface area (Å²) in [5, 5.41) is 16.6. The van der Waals surface area contributed by atoms with E-state index in [9.17, 15) is 0 Å². The van der Waals surface area contributed by atoms with E-state index >= 15 is 0 Å². The molecule has 0 amide bonds. The molecule has 0 spiro atoms. The number of halogens is 1. The molecule has 0 fully saturated rings. The topological polar surface area (TPSA) is 53.6 Å². The van der Waals surface area contributed by atoms with Crippen LogP contribution in [-0.2, 0) is 13.1 Å². The maximum absolute atomic E-state index is 4.24. The summed E-state index contributed by atoms with van der Waals surface area (Å²) in [7, 11) is 0. The SMILES string of the molecule is Brc1ccsc1CNCc1n[nH]nc1-c1ccccc1. The highest BCUT2D eigenvalue weighted by atomic mass is 79.9. The van der Waals surface area contributed by atoms with Gasteiger partial charge in [-0.25, -0.2) is 0 Å². The Balaban J connectivity index is 1.67. The van der Waals surface area contributed by atoms with Gasteiger partial charge < -0.3 is 5.32 Å². The summed E-state index contributed by atoms with van der Waals surface area (Å²) in [4.78, 5) is 1.29. The van der Waals surface area contributed by atoms with Gasteiger partial charge in [-0.05, 0) is 27.4 Å². The van der Waals surface area contributed by atoms with Crippen molar-refractivity contribution in [2.45, 2.75) is 13.1 Å². The van der Waals surface area contributed by atoms with Crippen molar-refractivity contribution in [2.75, 3.05) is 0 Å². The Morgan fingerprint density at radius 3 is 2.70 bits per heavy atom. The lowest BCUT2D eigenvalue weighted by Gasteiger charge is -2.03. The molecule has 4 nitrogen and oxygen atoms in total. The molecule has 0 saturated heterocycles. The highest BCUT2D eigenvalue weighted by Crippen LogP contribution is 2.23. The minimum Gasteiger partial charge on any atom is -0.306 e. The van der Waals surface area contributed by atoms with E-state index in [4.69, 9.17) is 0 Å². The average Bonchev–Trinajstić information content (AvgIpc) is 3.10. The zero-order valence-electron chi connectivity index (χ0n) is 10.6. The first kappa shape index (κ1) is 13.5. The van der Waals surface area contributed by atoms with Crippen LogP contribution in [0.15, 0.2) is 46.3 Å². The summed E-state index contributed by atoms with van der Waals surface area (Å²) in [6.45, 7) is 1.50. The molecule has 0 radical (unpaired) electrons. The maximum Gasteiger partial charge on any atom is 0.117 e. The lowest BCUT2D eigenvalue weighted by Crippen LogP contribution is -2.13. The summed E-state index contributed by atoms with van der Waals surface area (Å²) < 4.78 is 1.15. The number of thiophene rings is 1. The van der Waals surface area contributed by atoms with Gasteiger partial charge in [-0.2, -0.15) is 15.4 Å². The van der Waals surface area contributed by atoms with Gasteiger partial charge in [0.1, 0.15) is 11.4 Å². The molecule has 0 aliphatic heterocycles. The van der Waals surface area contributed by atoms with E-state index in [1.54, 1.807) is 11.3 Å². The van der Waals surface area contributed by atoms with Crippen molar-refractivity contribution in [3.05, 3.63) is 56.8 Å². The summed E-state index contributed by atoms with van der Waals surface area (Å²) >= 11 is 5.27. The predicted octanol–water partition coefficient (Wildman–Crippen LogP) is 3.59. The lowest BCUT2D eigenvalue weighted by molar-refractivity contribution is 0.683. The molecule has 3 aromatic rings. The van der Waals surface area contributed by atoms with Crippen LogP contribution in [0, 0.1) is 0 Å². The highest BCUT2D eigenvalue weighted by molar-refractivity contribution is 9.10. The Morgan fingerprint density at radius 1 is 1.10 bits per heavy atom. The first-order valence-corrected chi connectivity index (χ1v) is 7.89. The fraction of sp³-hybridized carbons (Fsp3) is 0.143. The number of hydrogen-bond acceptors (Lipinski definition) is 4. The Hall–Kier alpha value is -1.50. The van der Waals surface area contributed by atoms with Crippen molar-refractivity contribution in [2.24, 2.45) is 0 Å². The van der Waals surface area contributed by atoms with Crippen LogP contribution in [-0.4, -0.2) is 15.4 Å². The summed E-state index contributed by atoms with van der Waals surface area (Å²) in [6.07, 6.45) is 0. The van der Waals surface area contributed by atoms with Gasteiger partial charge in [0.05, 0.1) is 0 Å². The molecule has 6 heteroatoms. The highest BCUT2D eigenvalue weighted by Gasteiger charge is 2.09. The van der Waals surface area contributed by atoms with Gasteiger partial charge >= 0.3 is 0 Å². The van der Waals surface area contributed by atoms with Crippen LogP contribution in [0.3, 0.4) is 0 Å². The zero-order valence-corrected chi connectivity index (χ0v) is 13.0. The van der Waals surface area contributed by atoms with Gasteiger partial charge in [-0.3, -0.25) is 0 Å². The number of hydrogen-bond donors (Lipinski definition) is 2. The third-order valence-electron chi connectivity index (χ3n) is 2.94. The number of rotatable bonds is 5. The van der Waals surface area contributed by atoms with Crippen LogP contribution in [0.1, 0.15) is 10.6 Å². The Labute approximate surface area is 129 Å². The van der Waals surface area contributed by atoms with E-state index in [1.807, 2.05) is 30.3 Å². The van der Waals surface area contributed by atoms with Crippen molar-refractivity contribution in [1.29, 1.82) is 0 Å². The molecule has 0 atom stereocenters. The first-order valence-electron chi connectivity index (χ1n) is 6.22. The standard InChI is InChI=1S/C14H13BrN4S/c15-11-6-7-20-13(11)9-16-8-12-14(18-19-17-12)10-4-2-1-3-5-10/h1-7,16H,8-9H2,(H,17,18,19).